The van der Waals surface area contributed by atoms with Gasteiger partial charge in [0.25, 0.3) is 5.91 Å². The molecule has 17 heavy (non-hydrogen) atoms. The maximum absolute atomic E-state index is 11.3. The number of rotatable bonds is 3. The van der Waals surface area contributed by atoms with E-state index in [9.17, 15) is 4.79 Å². The first kappa shape index (κ1) is 12.1. The SMILES string of the molecule is COCC1CCc2cc(C(=O)NO)ccc2C1. The van der Waals surface area contributed by atoms with E-state index in [-0.39, 0.29) is 0 Å². The Morgan fingerprint density at radius 1 is 1.53 bits per heavy atom. The second-order valence-electron chi connectivity index (χ2n) is 4.49. The number of aryl methyl sites for hydroxylation is 1. The van der Waals surface area contributed by atoms with Crippen molar-refractivity contribution in [2.75, 3.05) is 13.7 Å². The van der Waals surface area contributed by atoms with E-state index in [0.717, 1.165) is 25.9 Å². The first-order chi connectivity index (χ1) is 8.24. The van der Waals surface area contributed by atoms with Crippen LogP contribution in [0.5, 0.6) is 0 Å². The fourth-order valence-corrected chi connectivity index (χ4v) is 2.41. The molecule has 4 heteroatoms. The minimum absolute atomic E-state index is 0.452. The molecule has 92 valence electrons. The molecule has 0 saturated carbocycles. The van der Waals surface area contributed by atoms with E-state index in [1.807, 2.05) is 12.1 Å². The average molecular weight is 235 g/mol. The number of carbonyl (C=O) groups excluding carboxylic acids is 1. The largest absolute Gasteiger partial charge is 0.384 e. The Morgan fingerprint density at radius 2 is 2.35 bits per heavy atom. The van der Waals surface area contributed by atoms with E-state index in [2.05, 4.69) is 0 Å². The van der Waals surface area contributed by atoms with Gasteiger partial charge in [-0.15, -0.1) is 0 Å². The first-order valence-corrected chi connectivity index (χ1v) is 5.79. The van der Waals surface area contributed by atoms with Crippen molar-refractivity contribution in [2.45, 2.75) is 19.3 Å². The number of carbonyl (C=O) groups is 1. The third kappa shape index (κ3) is 2.65. The Labute approximate surface area is 101 Å². The van der Waals surface area contributed by atoms with Gasteiger partial charge in [0.15, 0.2) is 0 Å². The summed E-state index contributed by atoms with van der Waals surface area (Å²) in [4.78, 5) is 11.3. The van der Waals surface area contributed by atoms with Crippen LogP contribution < -0.4 is 5.48 Å². The second kappa shape index (κ2) is 5.29. The summed E-state index contributed by atoms with van der Waals surface area (Å²) in [6.45, 7) is 0.790. The molecule has 1 aliphatic carbocycles. The Hall–Kier alpha value is -1.39. The van der Waals surface area contributed by atoms with Crippen molar-refractivity contribution in [2.24, 2.45) is 5.92 Å². The molecule has 1 aromatic rings. The van der Waals surface area contributed by atoms with E-state index in [0.29, 0.717) is 11.5 Å². The van der Waals surface area contributed by atoms with Gasteiger partial charge in [-0.25, -0.2) is 5.48 Å². The first-order valence-electron chi connectivity index (χ1n) is 5.79. The highest BCUT2D eigenvalue weighted by atomic mass is 16.5. The normalized spacial score (nSPS) is 18.6. The quantitative estimate of drug-likeness (QED) is 0.617. The van der Waals surface area contributed by atoms with Gasteiger partial charge in [0.2, 0.25) is 0 Å². The van der Waals surface area contributed by atoms with Crippen molar-refractivity contribution in [1.82, 2.24) is 5.48 Å². The summed E-state index contributed by atoms with van der Waals surface area (Å²) in [5, 5.41) is 8.59. The maximum Gasteiger partial charge on any atom is 0.274 e. The number of nitrogens with one attached hydrogen (secondary N) is 1. The van der Waals surface area contributed by atoms with Crippen LogP contribution in [0.1, 0.15) is 27.9 Å². The number of amides is 1. The topological polar surface area (TPSA) is 58.6 Å². The van der Waals surface area contributed by atoms with Crippen LogP contribution in [0.3, 0.4) is 0 Å². The highest BCUT2D eigenvalue weighted by Crippen LogP contribution is 2.26. The van der Waals surface area contributed by atoms with E-state index >= 15 is 0 Å². The van der Waals surface area contributed by atoms with Gasteiger partial charge in [0.1, 0.15) is 0 Å². The lowest BCUT2D eigenvalue weighted by Crippen LogP contribution is -2.21. The molecular formula is C13H17NO3. The van der Waals surface area contributed by atoms with Crippen molar-refractivity contribution >= 4 is 5.91 Å². The van der Waals surface area contributed by atoms with Crippen LogP contribution in [0.25, 0.3) is 0 Å². The van der Waals surface area contributed by atoms with Gasteiger partial charge >= 0.3 is 0 Å². The van der Waals surface area contributed by atoms with Gasteiger partial charge in [-0.2, -0.15) is 0 Å². The summed E-state index contributed by atoms with van der Waals surface area (Å²) in [5.74, 6) is 0.122. The lowest BCUT2D eigenvalue weighted by atomic mass is 9.83. The summed E-state index contributed by atoms with van der Waals surface area (Å²) >= 11 is 0. The lowest BCUT2D eigenvalue weighted by molar-refractivity contribution is 0.0706. The molecule has 0 aromatic heterocycles. The minimum Gasteiger partial charge on any atom is -0.384 e. The number of methoxy groups -OCH3 is 1. The van der Waals surface area contributed by atoms with Crippen LogP contribution >= 0.6 is 0 Å². The molecule has 0 radical (unpaired) electrons. The highest BCUT2D eigenvalue weighted by molar-refractivity contribution is 5.93. The van der Waals surface area contributed by atoms with Gasteiger partial charge < -0.3 is 4.74 Å². The second-order valence-corrected chi connectivity index (χ2v) is 4.49. The van der Waals surface area contributed by atoms with E-state index in [4.69, 9.17) is 9.94 Å². The van der Waals surface area contributed by atoms with Crippen LogP contribution in [0.2, 0.25) is 0 Å². The predicted octanol–water partition coefficient (Wildman–Crippen LogP) is 1.56. The number of fused-ring (bicyclic) bond motifs is 1. The summed E-state index contributed by atoms with van der Waals surface area (Å²) in [7, 11) is 1.73. The molecule has 1 amide bonds. The zero-order chi connectivity index (χ0) is 12.3. The fourth-order valence-electron chi connectivity index (χ4n) is 2.41. The van der Waals surface area contributed by atoms with Crippen LogP contribution in [0.4, 0.5) is 0 Å². The zero-order valence-electron chi connectivity index (χ0n) is 9.90. The molecule has 0 spiro atoms. The van der Waals surface area contributed by atoms with Crippen LogP contribution in [0.15, 0.2) is 18.2 Å². The predicted molar refractivity (Wildman–Crippen MR) is 63.1 cm³/mol. The van der Waals surface area contributed by atoms with Crippen molar-refractivity contribution in [1.29, 1.82) is 0 Å². The number of benzene rings is 1. The van der Waals surface area contributed by atoms with E-state index in [1.165, 1.54) is 11.1 Å². The van der Waals surface area contributed by atoms with Crippen molar-refractivity contribution < 1.29 is 14.7 Å². The molecule has 1 unspecified atom stereocenters. The molecule has 0 aliphatic heterocycles. The third-order valence-electron chi connectivity index (χ3n) is 3.30. The van der Waals surface area contributed by atoms with Gasteiger partial charge in [-0.3, -0.25) is 10.0 Å². The van der Waals surface area contributed by atoms with Gasteiger partial charge in [0, 0.05) is 19.3 Å². The Bertz CT molecular complexity index is 417. The monoisotopic (exact) mass is 235 g/mol. The minimum atomic E-state index is -0.452. The molecule has 0 heterocycles. The Morgan fingerprint density at radius 3 is 3.06 bits per heavy atom. The number of hydroxylamine groups is 1. The maximum atomic E-state index is 11.3. The zero-order valence-corrected chi connectivity index (χ0v) is 9.90. The summed E-state index contributed by atoms with van der Waals surface area (Å²) in [5.41, 5.74) is 4.66. The third-order valence-corrected chi connectivity index (χ3v) is 3.30. The number of ether oxygens (including phenoxy) is 1. The van der Waals surface area contributed by atoms with Crippen LogP contribution in [-0.2, 0) is 17.6 Å². The van der Waals surface area contributed by atoms with Gasteiger partial charge in [0.05, 0.1) is 0 Å². The van der Waals surface area contributed by atoms with Gasteiger partial charge in [-0.05, 0) is 48.4 Å². The van der Waals surface area contributed by atoms with E-state index < -0.39 is 5.91 Å². The molecule has 2 rings (SSSR count). The van der Waals surface area contributed by atoms with Crippen molar-refractivity contribution in [3.8, 4) is 0 Å². The molecule has 2 N–H and O–H groups in total. The summed E-state index contributed by atoms with van der Waals surface area (Å²) in [6.07, 6.45) is 3.06. The summed E-state index contributed by atoms with van der Waals surface area (Å²) < 4.78 is 5.18. The lowest BCUT2D eigenvalue weighted by Gasteiger charge is -2.24. The smallest absolute Gasteiger partial charge is 0.274 e. The van der Waals surface area contributed by atoms with E-state index in [1.54, 1.807) is 18.7 Å². The number of hydrogen-bond acceptors (Lipinski definition) is 3. The molecule has 1 aliphatic rings. The van der Waals surface area contributed by atoms with Crippen molar-refractivity contribution in [3.05, 3.63) is 34.9 Å². The van der Waals surface area contributed by atoms with Crippen LogP contribution in [0, 0.1) is 5.92 Å². The molecule has 1 atom stereocenters. The summed E-state index contributed by atoms with van der Waals surface area (Å²) in [6, 6.07) is 5.59. The molecule has 0 bridgehead atoms. The molecule has 0 fully saturated rings. The Balaban J connectivity index is 2.16. The highest BCUT2D eigenvalue weighted by Gasteiger charge is 2.19. The van der Waals surface area contributed by atoms with Gasteiger partial charge in [-0.1, -0.05) is 6.07 Å². The standard InChI is InChI=1S/C13H17NO3/c1-17-8-9-2-3-11-7-12(13(15)14-16)5-4-10(11)6-9/h4-5,7,9,16H,2-3,6,8H2,1H3,(H,14,15). The van der Waals surface area contributed by atoms with Crippen molar-refractivity contribution in [3.63, 3.8) is 0 Å². The average Bonchev–Trinajstić information content (AvgIpc) is 2.37. The Kier molecular flexibility index (Phi) is 3.76. The van der Waals surface area contributed by atoms with Crippen LogP contribution in [-0.4, -0.2) is 24.8 Å². The molecule has 1 aromatic carbocycles. The number of hydrogen-bond donors (Lipinski definition) is 2. The molecular weight excluding hydrogens is 218 g/mol. The molecule has 0 saturated heterocycles. The molecule has 4 nitrogen and oxygen atoms in total. The fraction of sp³-hybridized carbons (Fsp3) is 0.462.